The summed E-state index contributed by atoms with van der Waals surface area (Å²) in [6, 6.07) is 0. The molecule has 0 aromatic rings. The number of carbonyl (C=O) groups is 2. The number of phosphoric ester groups is 1. The molecule has 432 valence electrons. The average Bonchev–Trinajstić information content (AvgIpc) is 3.38. The maximum Gasteiger partial charge on any atom is 0.306 e. The van der Waals surface area contributed by atoms with E-state index >= 15 is 0 Å². The minimum absolute atomic E-state index is 0.0434. The standard InChI is InChI=1S/C66H110NO8P/c1-6-8-10-12-14-16-18-20-22-23-24-25-26-27-28-29-30-31-32-33-34-35-36-37-38-39-40-41-42-43-45-47-49-51-53-55-57-59-66(69)75-64(63-74-76(70,71)73-61-60-67(3,4)5)62-72-65(68)58-56-54-52-50-48-46-44-21-19-17-15-13-11-9-7-2/h8,10,14,16,20,22,24-25,27-28,30-31,33-34,36-37,39-40,42-43,47,49,64H,6-7,9,11-13,15,17-19,21,23,26,29,32,35,38,41,44-46,48,50-63H2,1-5H3/b10-8-,16-14-,22-20-,25-24-,28-27-,31-30-,34-33-,37-36-,40-39-,43-42-,49-47-. The maximum absolute atomic E-state index is 12.8. The lowest BCUT2D eigenvalue weighted by Crippen LogP contribution is -2.37. The van der Waals surface area contributed by atoms with Crippen LogP contribution in [0.4, 0.5) is 0 Å². The van der Waals surface area contributed by atoms with E-state index in [0.29, 0.717) is 17.4 Å². The van der Waals surface area contributed by atoms with E-state index in [-0.39, 0.29) is 26.1 Å². The average molecular weight is 1080 g/mol. The number of allylic oxidation sites excluding steroid dienone is 22. The number of quaternary nitrogens is 1. The molecule has 0 aromatic carbocycles. The molecule has 2 unspecified atom stereocenters. The number of unbranched alkanes of at least 4 members (excludes halogenated alkanes) is 17. The monoisotopic (exact) mass is 1080 g/mol. The van der Waals surface area contributed by atoms with Crippen LogP contribution in [0.5, 0.6) is 0 Å². The molecule has 0 saturated carbocycles. The molecular weight excluding hydrogens is 966 g/mol. The van der Waals surface area contributed by atoms with Gasteiger partial charge in [0.2, 0.25) is 0 Å². The van der Waals surface area contributed by atoms with Crippen molar-refractivity contribution in [2.75, 3.05) is 47.5 Å². The summed E-state index contributed by atoms with van der Waals surface area (Å²) in [6.45, 7) is 4.07. The Hall–Kier alpha value is -3.85. The van der Waals surface area contributed by atoms with Crippen LogP contribution in [0.1, 0.15) is 219 Å². The third kappa shape index (κ3) is 59.4. The van der Waals surface area contributed by atoms with Crippen molar-refractivity contribution in [3.63, 3.8) is 0 Å². The third-order valence-corrected chi connectivity index (χ3v) is 13.1. The van der Waals surface area contributed by atoms with Crippen LogP contribution < -0.4 is 4.89 Å². The molecule has 0 heterocycles. The molecule has 2 atom stereocenters. The molecule has 0 aliphatic heterocycles. The molecule has 0 amide bonds. The van der Waals surface area contributed by atoms with Crippen LogP contribution >= 0.6 is 7.82 Å². The fourth-order valence-corrected chi connectivity index (χ4v) is 8.33. The molecule has 0 saturated heterocycles. The summed E-state index contributed by atoms with van der Waals surface area (Å²) in [4.78, 5) is 37.8. The normalized spacial score (nSPS) is 14.2. The van der Waals surface area contributed by atoms with Crippen LogP contribution in [0.25, 0.3) is 0 Å². The summed E-state index contributed by atoms with van der Waals surface area (Å²) < 4.78 is 34.1. The molecule has 0 aliphatic rings. The summed E-state index contributed by atoms with van der Waals surface area (Å²) in [5, 5.41) is 0. The zero-order valence-electron chi connectivity index (χ0n) is 48.9. The van der Waals surface area contributed by atoms with Gasteiger partial charge in [-0.3, -0.25) is 14.2 Å². The summed E-state index contributed by atoms with van der Waals surface area (Å²) in [5.41, 5.74) is 0. The van der Waals surface area contributed by atoms with E-state index < -0.39 is 32.5 Å². The van der Waals surface area contributed by atoms with Crippen molar-refractivity contribution in [2.45, 2.75) is 225 Å². The van der Waals surface area contributed by atoms with E-state index in [4.69, 9.17) is 18.5 Å². The van der Waals surface area contributed by atoms with Gasteiger partial charge in [-0.1, -0.05) is 244 Å². The van der Waals surface area contributed by atoms with Crippen molar-refractivity contribution in [1.29, 1.82) is 0 Å². The maximum atomic E-state index is 12.8. The lowest BCUT2D eigenvalue weighted by molar-refractivity contribution is -0.870. The molecule has 76 heavy (non-hydrogen) atoms. The largest absolute Gasteiger partial charge is 0.756 e. The number of nitrogens with zero attached hydrogens (tertiary/aromatic N) is 1. The topological polar surface area (TPSA) is 111 Å². The third-order valence-electron chi connectivity index (χ3n) is 12.2. The predicted molar refractivity (Wildman–Crippen MR) is 323 cm³/mol. The van der Waals surface area contributed by atoms with Crippen molar-refractivity contribution in [1.82, 2.24) is 0 Å². The minimum atomic E-state index is -4.65. The highest BCUT2D eigenvalue weighted by Crippen LogP contribution is 2.38. The van der Waals surface area contributed by atoms with Gasteiger partial charge in [-0.2, -0.15) is 0 Å². The Morgan fingerprint density at radius 3 is 1.12 bits per heavy atom. The molecule has 0 fully saturated rings. The van der Waals surface area contributed by atoms with Crippen LogP contribution in [0.2, 0.25) is 0 Å². The van der Waals surface area contributed by atoms with Gasteiger partial charge in [-0.05, 0) is 96.3 Å². The Balaban J connectivity index is 4.23. The second-order valence-corrected chi connectivity index (χ2v) is 22.0. The van der Waals surface area contributed by atoms with E-state index in [1.165, 1.54) is 77.0 Å². The van der Waals surface area contributed by atoms with Crippen molar-refractivity contribution < 1.29 is 42.1 Å². The number of carbonyl (C=O) groups excluding carboxylic acids is 2. The number of esters is 2. The Morgan fingerprint density at radius 2 is 0.750 bits per heavy atom. The number of rotatable bonds is 53. The van der Waals surface area contributed by atoms with Crippen LogP contribution in [0, 0.1) is 0 Å². The zero-order valence-corrected chi connectivity index (χ0v) is 49.8. The first-order valence-corrected chi connectivity index (χ1v) is 31.4. The summed E-state index contributed by atoms with van der Waals surface area (Å²) in [6.07, 6.45) is 80.8. The number of hydrogen-bond acceptors (Lipinski definition) is 8. The molecule has 0 rings (SSSR count). The molecule has 10 heteroatoms. The van der Waals surface area contributed by atoms with Gasteiger partial charge in [0.15, 0.2) is 6.10 Å². The van der Waals surface area contributed by atoms with E-state index in [1.807, 2.05) is 21.1 Å². The molecule has 0 radical (unpaired) electrons. The van der Waals surface area contributed by atoms with E-state index in [1.54, 1.807) is 0 Å². The quantitative estimate of drug-likeness (QED) is 0.0195. The number of ether oxygens (including phenoxy) is 2. The van der Waals surface area contributed by atoms with E-state index in [2.05, 4.69) is 148 Å². The smallest absolute Gasteiger partial charge is 0.306 e. The zero-order chi connectivity index (χ0) is 55.6. The summed E-state index contributed by atoms with van der Waals surface area (Å²) in [5.74, 6) is -0.877. The second kappa shape index (κ2) is 55.9. The van der Waals surface area contributed by atoms with E-state index in [9.17, 15) is 19.0 Å². The van der Waals surface area contributed by atoms with Crippen molar-refractivity contribution in [2.24, 2.45) is 0 Å². The van der Waals surface area contributed by atoms with Crippen LogP contribution in [-0.4, -0.2) is 70.0 Å². The lowest BCUT2D eigenvalue weighted by Gasteiger charge is -2.28. The molecule has 9 nitrogen and oxygen atoms in total. The van der Waals surface area contributed by atoms with Crippen LogP contribution in [0.15, 0.2) is 134 Å². The molecule has 0 bridgehead atoms. The number of likely N-dealkylation sites (N-methyl/N-ethyl adjacent to an activating group) is 1. The highest BCUT2D eigenvalue weighted by molar-refractivity contribution is 7.45. The Labute approximate surface area is 466 Å². The fourth-order valence-electron chi connectivity index (χ4n) is 7.60. The van der Waals surface area contributed by atoms with Gasteiger partial charge in [-0.15, -0.1) is 0 Å². The highest BCUT2D eigenvalue weighted by atomic mass is 31.2. The first-order chi connectivity index (χ1) is 37.0. The predicted octanol–water partition coefficient (Wildman–Crippen LogP) is 18.3. The van der Waals surface area contributed by atoms with Crippen LogP contribution in [-0.2, 0) is 32.7 Å². The number of phosphoric acid groups is 1. The van der Waals surface area contributed by atoms with Gasteiger partial charge in [0.25, 0.3) is 7.82 Å². The second-order valence-electron chi connectivity index (χ2n) is 20.6. The first kappa shape index (κ1) is 72.2. The molecule has 0 aliphatic carbocycles. The van der Waals surface area contributed by atoms with E-state index in [0.717, 1.165) is 109 Å². The summed E-state index contributed by atoms with van der Waals surface area (Å²) in [7, 11) is 1.13. The minimum Gasteiger partial charge on any atom is -0.756 e. The Kier molecular flexibility index (Phi) is 53.1. The van der Waals surface area contributed by atoms with Gasteiger partial charge >= 0.3 is 11.9 Å². The Bertz CT molecular complexity index is 1740. The van der Waals surface area contributed by atoms with Crippen molar-refractivity contribution in [3.05, 3.63) is 134 Å². The van der Waals surface area contributed by atoms with Gasteiger partial charge in [0, 0.05) is 12.8 Å². The van der Waals surface area contributed by atoms with Crippen LogP contribution in [0.3, 0.4) is 0 Å². The summed E-state index contributed by atoms with van der Waals surface area (Å²) >= 11 is 0. The SMILES string of the molecule is CC/C=C\C/C=C\C/C=C\C/C=C\C/C=C\C/C=C\C/C=C\C/C=C\C/C=C\C/C=C\C/C=C\CCCCCC(=O)OC(COC(=O)CCCCCCCCCCCCCCCCC)COP(=O)([O-])OCC[N+](C)(C)C. The Morgan fingerprint density at radius 1 is 0.421 bits per heavy atom. The van der Waals surface area contributed by atoms with Gasteiger partial charge in [0.05, 0.1) is 27.7 Å². The number of hydrogen-bond donors (Lipinski definition) is 0. The molecular formula is C66H110NO8P. The first-order valence-electron chi connectivity index (χ1n) is 29.9. The van der Waals surface area contributed by atoms with Gasteiger partial charge < -0.3 is 27.9 Å². The lowest BCUT2D eigenvalue weighted by atomic mass is 10.0. The van der Waals surface area contributed by atoms with Crippen molar-refractivity contribution >= 4 is 19.8 Å². The molecule has 0 N–H and O–H groups in total. The fraction of sp³-hybridized carbons (Fsp3) is 0.636. The van der Waals surface area contributed by atoms with Gasteiger partial charge in [0.1, 0.15) is 19.8 Å². The highest BCUT2D eigenvalue weighted by Gasteiger charge is 2.21. The molecule has 0 aromatic heterocycles. The molecule has 0 spiro atoms. The van der Waals surface area contributed by atoms with Crippen molar-refractivity contribution in [3.8, 4) is 0 Å². The van der Waals surface area contributed by atoms with Gasteiger partial charge in [-0.25, -0.2) is 0 Å².